The average Bonchev–Trinajstić information content (AvgIpc) is 3.35. The van der Waals surface area contributed by atoms with Gasteiger partial charge in [0.05, 0.1) is 24.1 Å². The van der Waals surface area contributed by atoms with Gasteiger partial charge in [-0.25, -0.2) is 14.1 Å². The molecule has 3 heterocycles. The highest BCUT2D eigenvalue weighted by molar-refractivity contribution is 14.1. The molecule has 0 aliphatic rings. The molecule has 220 valence electrons. The van der Waals surface area contributed by atoms with Crippen LogP contribution in [0, 0.1) is 14.7 Å². The fourth-order valence-corrected chi connectivity index (χ4v) is 5.58. The number of amides is 1. The van der Waals surface area contributed by atoms with Gasteiger partial charge in [-0.15, -0.1) is 0 Å². The van der Waals surface area contributed by atoms with Crippen LogP contribution in [0.25, 0.3) is 22.3 Å². The normalized spacial score (nSPS) is 11.0. The Bertz CT molecular complexity index is 2000. The second-order valence-corrected chi connectivity index (χ2v) is 11.0. The van der Waals surface area contributed by atoms with Crippen molar-refractivity contribution >= 4 is 56.8 Å². The summed E-state index contributed by atoms with van der Waals surface area (Å²) in [6.45, 7) is 0.505. The van der Waals surface area contributed by atoms with Crippen molar-refractivity contribution in [1.29, 1.82) is 0 Å². The van der Waals surface area contributed by atoms with Crippen LogP contribution in [0.2, 0.25) is 5.02 Å². The van der Waals surface area contributed by atoms with Gasteiger partial charge in [0.2, 0.25) is 5.69 Å². The van der Waals surface area contributed by atoms with Crippen LogP contribution in [0.3, 0.4) is 0 Å². The smallest absolute Gasteiger partial charge is 0.321 e. The Balaban J connectivity index is 1.21. The third kappa shape index (κ3) is 6.01. The van der Waals surface area contributed by atoms with Crippen LogP contribution in [0.4, 0.5) is 10.1 Å². The zero-order chi connectivity index (χ0) is 30.8. The maximum atomic E-state index is 13.3. The van der Waals surface area contributed by atoms with Gasteiger partial charge in [-0.05, 0) is 88.8 Å². The highest BCUT2D eigenvalue weighted by Gasteiger charge is 2.21. The van der Waals surface area contributed by atoms with Crippen molar-refractivity contribution < 1.29 is 23.4 Å². The number of pyridine rings is 2. The van der Waals surface area contributed by atoms with Crippen LogP contribution < -0.4 is 19.5 Å². The van der Waals surface area contributed by atoms with Crippen molar-refractivity contribution in [3.63, 3.8) is 0 Å². The number of methoxy groups -OCH3 is 1. The summed E-state index contributed by atoms with van der Waals surface area (Å²) in [4.78, 5) is 17.6. The predicted octanol–water partition coefficient (Wildman–Crippen LogP) is 7.23. The van der Waals surface area contributed by atoms with E-state index in [0.717, 1.165) is 16.7 Å². The van der Waals surface area contributed by atoms with E-state index in [9.17, 15) is 14.4 Å². The number of nitrogens with one attached hydrogen (secondary N) is 1. The molecule has 12 heteroatoms. The molecule has 1 amide bonds. The Labute approximate surface area is 269 Å². The number of hydrogen-bond acceptors (Lipinski definition) is 6. The first kappa shape index (κ1) is 29.3. The SMILES string of the molecule is COc1ccc(Cn2nc(I)c3c(Oc4ccc(NC(=O)c5cccc(-c6ccc(F)cc6)[n+]5[O-])cc4Cl)ccnc32)cc1. The van der Waals surface area contributed by atoms with E-state index < -0.39 is 11.7 Å². The number of carbonyl (C=O) groups is 1. The molecule has 3 aromatic carbocycles. The molecule has 0 saturated carbocycles. The van der Waals surface area contributed by atoms with E-state index >= 15 is 0 Å². The minimum atomic E-state index is -0.636. The molecular weight excluding hydrogens is 700 g/mol. The van der Waals surface area contributed by atoms with Gasteiger partial charge in [-0.2, -0.15) is 9.83 Å². The average molecular weight is 722 g/mol. The monoisotopic (exact) mass is 721 g/mol. The minimum Gasteiger partial charge on any atom is -0.618 e. The molecule has 0 aliphatic heterocycles. The Morgan fingerprint density at radius 2 is 1.82 bits per heavy atom. The maximum Gasteiger partial charge on any atom is 0.321 e. The highest BCUT2D eigenvalue weighted by atomic mass is 127. The molecule has 6 aromatic rings. The summed E-state index contributed by atoms with van der Waals surface area (Å²) in [5.41, 5.74) is 2.60. The number of rotatable bonds is 8. The zero-order valence-corrected chi connectivity index (χ0v) is 25.9. The molecule has 6 rings (SSSR count). The van der Waals surface area contributed by atoms with Crippen molar-refractivity contribution in [3.8, 4) is 28.5 Å². The molecular formula is C32H22ClFIN5O4. The quantitative estimate of drug-likeness (QED) is 0.101. The number of benzene rings is 3. The number of anilines is 1. The van der Waals surface area contributed by atoms with Gasteiger partial charge >= 0.3 is 5.91 Å². The van der Waals surface area contributed by atoms with Gasteiger partial charge < -0.3 is 20.0 Å². The van der Waals surface area contributed by atoms with Crippen LogP contribution in [0.15, 0.2) is 97.2 Å². The van der Waals surface area contributed by atoms with Gasteiger partial charge in [-0.3, -0.25) is 4.79 Å². The number of ether oxygens (including phenoxy) is 2. The van der Waals surface area contributed by atoms with Crippen molar-refractivity contribution in [2.45, 2.75) is 6.54 Å². The zero-order valence-electron chi connectivity index (χ0n) is 23.0. The third-order valence-corrected chi connectivity index (χ3v) is 7.82. The number of hydrogen-bond donors (Lipinski definition) is 1. The van der Waals surface area contributed by atoms with E-state index in [2.05, 4.69) is 38.0 Å². The van der Waals surface area contributed by atoms with Crippen LogP contribution in [-0.4, -0.2) is 27.8 Å². The minimum absolute atomic E-state index is 0.135. The summed E-state index contributed by atoms with van der Waals surface area (Å²) in [6, 6.07) is 24.2. The Hall–Kier alpha value is -4.75. The highest BCUT2D eigenvalue weighted by Crippen LogP contribution is 2.36. The third-order valence-electron chi connectivity index (χ3n) is 6.77. The maximum absolute atomic E-state index is 13.3. The van der Waals surface area contributed by atoms with Crippen molar-refractivity contribution in [2.24, 2.45) is 0 Å². The van der Waals surface area contributed by atoms with E-state index in [0.29, 0.717) is 43.4 Å². The van der Waals surface area contributed by atoms with Gasteiger partial charge in [0, 0.05) is 35.6 Å². The number of fused-ring (bicyclic) bond motifs is 1. The first-order valence-electron chi connectivity index (χ1n) is 13.2. The molecule has 0 atom stereocenters. The fraction of sp³-hybridized carbons (Fsp3) is 0.0625. The van der Waals surface area contributed by atoms with Crippen molar-refractivity contribution in [3.05, 3.63) is 128 Å². The van der Waals surface area contributed by atoms with Crippen LogP contribution in [0.1, 0.15) is 16.1 Å². The number of halogens is 3. The summed E-state index contributed by atoms with van der Waals surface area (Å²) in [6.07, 6.45) is 1.64. The van der Waals surface area contributed by atoms with Crippen molar-refractivity contribution in [2.75, 3.05) is 12.4 Å². The summed E-state index contributed by atoms with van der Waals surface area (Å²) in [7, 11) is 1.63. The lowest BCUT2D eigenvalue weighted by molar-refractivity contribution is -0.595. The molecule has 9 nitrogen and oxygen atoms in total. The second-order valence-electron chi connectivity index (χ2n) is 9.60. The lowest BCUT2D eigenvalue weighted by atomic mass is 10.1. The molecule has 0 fully saturated rings. The number of aromatic nitrogens is 4. The molecule has 0 spiro atoms. The lowest BCUT2D eigenvalue weighted by Crippen LogP contribution is -2.38. The first-order chi connectivity index (χ1) is 21.3. The van der Waals surface area contributed by atoms with E-state index in [4.69, 9.17) is 21.1 Å². The second kappa shape index (κ2) is 12.5. The Morgan fingerprint density at radius 1 is 1.05 bits per heavy atom. The Kier molecular flexibility index (Phi) is 8.31. The number of nitrogens with zero attached hydrogens (tertiary/aromatic N) is 4. The van der Waals surface area contributed by atoms with Crippen molar-refractivity contribution in [1.82, 2.24) is 14.8 Å². The molecule has 1 N–H and O–H groups in total. The van der Waals surface area contributed by atoms with Crippen LogP contribution in [-0.2, 0) is 6.54 Å². The number of carbonyl (C=O) groups excluding carboxylic acids is 1. The summed E-state index contributed by atoms with van der Waals surface area (Å²) in [5, 5.41) is 21.3. The van der Waals surface area contributed by atoms with Gasteiger partial charge in [-0.1, -0.05) is 23.7 Å². The topological polar surface area (TPSA) is 105 Å². The van der Waals surface area contributed by atoms with Gasteiger partial charge in [0.25, 0.3) is 5.69 Å². The van der Waals surface area contributed by atoms with Crippen LogP contribution >= 0.6 is 34.2 Å². The lowest BCUT2D eigenvalue weighted by Gasteiger charge is -2.12. The summed E-state index contributed by atoms with van der Waals surface area (Å²) < 4.78 is 27.8. The molecule has 0 bridgehead atoms. The van der Waals surface area contributed by atoms with Gasteiger partial charge in [0.1, 0.15) is 26.8 Å². The predicted molar refractivity (Wildman–Crippen MR) is 173 cm³/mol. The molecule has 0 unspecified atom stereocenters. The van der Waals surface area contributed by atoms with E-state index in [-0.39, 0.29) is 16.4 Å². The van der Waals surface area contributed by atoms with E-state index in [1.165, 1.54) is 36.4 Å². The van der Waals surface area contributed by atoms with E-state index in [1.807, 2.05) is 24.3 Å². The van der Waals surface area contributed by atoms with E-state index in [1.54, 1.807) is 48.3 Å². The standard InChI is InChI=1S/C32H22ClFIN5O4/c1-43-23-12-5-19(6-13-23)18-39-31-29(30(35)38-39)28(15-16-36-31)44-27-14-11-22(17-24(27)33)37-32(41)26-4-2-3-25(40(26)42)20-7-9-21(34)10-8-20/h2-17H,18H2,1H3,(H,37,41). The molecule has 3 aromatic heterocycles. The molecule has 0 radical (unpaired) electrons. The fourth-order valence-electron chi connectivity index (χ4n) is 4.60. The molecule has 0 aliphatic carbocycles. The Morgan fingerprint density at radius 3 is 2.55 bits per heavy atom. The molecule has 0 saturated heterocycles. The largest absolute Gasteiger partial charge is 0.618 e. The summed E-state index contributed by atoms with van der Waals surface area (Å²) >= 11 is 8.71. The van der Waals surface area contributed by atoms with Crippen LogP contribution in [0.5, 0.6) is 17.2 Å². The van der Waals surface area contributed by atoms with Gasteiger partial charge in [0.15, 0.2) is 5.65 Å². The molecule has 44 heavy (non-hydrogen) atoms. The summed E-state index contributed by atoms with van der Waals surface area (Å²) in [5.74, 6) is 0.586. The first-order valence-corrected chi connectivity index (χ1v) is 14.7.